The van der Waals surface area contributed by atoms with Gasteiger partial charge < -0.3 is 4.74 Å². The van der Waals surface area contributed by atoms with Crippen LogP contribution in [0, 0.1) is 0 Å². The van der Waals surface area contributed by atoms with Crippen molar-refractivity contribution >= 4 is 17.7 Å². The van der Waals surface area contributed by atoms with Gasteiger partial charge in [0.25, 0.3) is 0 Å². The summed E-state index contributed by atoms with van der Waals surface area (Å²) in [4.78, 5) is 13.4. The van der Waals surface area contributed by atoms with Gasteiger partial charge in [-0.15, -0.1) is 11.8 Å². The molecular weight excluding hydrogens is 364 g/mol. The molecule has 0 saturated heterocycles. The standard InChI is InChI=1S/C25H36O2S/c1-19(2)12-11-13-20(3)16-17-23(28-22-14-9-8-10-15-22)21(4)18-24(26)27-25(5,6)7/h8-10,12,14-16,18,23H,11,13,17H2,1-7H3/b20-16-,21-18+. The Labute approximate surface area is 176 Å². The minimum absolute atomic E-state index is 0.202. The molecule has 0 fully saturated rings. The number of rotatable bonds is 9. The lowest BCUT2D eigenvalue weighted by atomic mass is 10.1. The van der Waals surface area contributed by atoms with Gasteiger partial charge in [-0.2, -0.15) is 0 Å². The molecule has 154 valence electrons. The van der Waals surface area contributed by atoms with Crippen molar-refractivity contribution in [3.63, 3.8) is 0 Å². The molecule has 0 aromatic heterocycles. The molecule has 0 saturated carbocycles. The molecule has 1 aromatic rings. The minimum Gasteiger partial charge on any atom is -0.457 e. The van der Waals surface area contributed by atoms with Crippen molar-refractivity contribution < 1.29 is 9.53 Å². The van der Waals surface area contributed by atoms with E-state index in [1.165, 1.54) is 16.0 Å². The number of esters is 1. The van der Waals surface area contributed by atoms with Crippen molar-refractivity contribution in [3.05, 3.63) is 65.3 Å². The summed E-state index contributed by atoms with van der Waals surface area (Å²) in [5.74, 6) is -0.270. The van der Waals surface area contributed by atoms with Crippen molar-refractivity contribution in [2.24, 2.45) is 0 Å². The zero-order valence-corrected chi connectivity index (χ0v) is 19.4. The van der Waals surface area contributed by atoms with Crippen molar-refractivity contribution in [2.45, 2.75) is 83.5 Å². The number of carbonyl (C=O) groups is 1. The number of allylic oxidation sites excluding steroid dienone is 4. The van der Waals surface area contributed by atoms with Crippen LogP contribution in [0.25, 0.3) is 0 Å². The first-order valence-corrected chi connectivity index (χ1v) is 10.9. The molecule has 0 aliphatic heterocycles. The van der Waals surface area contributed by atoms with Gasteiger partial charge in [-0.1, -0.05) is 47.1 Å². The fourth-order valence-corrected chi connectivity index (χ4v) is 3.69. The summed E-state index contributed by atoms with van der Waals surface area (Å²) in [7, 11) is 0. The highest BCUT2D eigenvalue weighted by molar-refractivity contribution is 8.00. The summed E-state index contributed by atoms with van der Waals surface area (Å²) in [6.45, 7) is 14.2. The largest absolute Gasteiger partial charge is 0.457 e. The van der Waals surface area contributed by atoms with E-state index >= 15 is 0 Å². The maximum atomic E-state index is 12.2. The highest BCUT2D eigenvalue weighted by Crippen LogP contribution is 2.31. The summed E-state index contributed by atoms with van der Waals surface area (Å²) in [6.07, 6.45) is 9.28. The molecule has 0 aliphatic carbocycles. The van der Waals surface area contributed by atoms with E-state index in [9.17, 15) is 4.79 Å². The van der Waals surface area contributed by atoms with E-state index in [4.69, 9.17) is 4.74 Å². The topological polar surface area (TPSA) is 26.3 Å². The van der Waals surface area contributed by atoms with Gasteiger partial charge in [-0.05, 0) is 79.9 Å². The molecule has 0 amide bonds. The molecule has 28 heavy (non-hydrogen) atoms. The number of thioether (sulfide) groups is 1. The molecule has 0 N–H and O–H groups in total. The second-order valence-electron chi connectivity index (χ2n) is 8.45. The number of hydrogen-bond acceptors (Lipinski definition) is 3. The molecule has 0 spiro atoms. The van der Waals surface area contributed by atoms with Crippen LogP contribution in [-0.2, 0) is 9.53 Å². The van der Waals surface area contributed by atoms with Crippen LogP contribution in [0.2, 0.25) is 0 Å². The lowest BCUT2D eigenvalue weighted by molar-refractivity contribution is -0.148. The normalized spacial score (nSPS) is 13.8. The van der Waals surface area contributed by atoms with Gasteiger partial charge in [0.05, 0.1) is 0 Å². The molecule has 0 heterocycles. The number of ether oxygens (including phenoxy) is 1. The molecule has 1 unspecified atom stereocenters. The molecule has 3 heteroatoms. The van der Waals surface area contributed by atoms with Crippen LogP contribution in [-0.4, -0.2) is 16.8 Å². The van der Waals surface area contributed by atoms with Gasteiger partial charge in [0, 0.05) is 16.2 Å². The third kappa shape index (κ3) is 11.2. The molecule has 1 aromatic carbocycles. The summed E-state index contributed by atoms with van der Waals surface area (Å²) in [5.41, 5.74) is 3.32. The second kappa shape index (κ2) is 12.0. The van der Waals surface area contributed by atoms with Gasteiger partial charge in [0.2, 0.25) is 0 Å². The SMILES string of the molecule is CC(C)=CCC/C(C)=C\CC(Sc1ccccc1)/C(C)=C/C(=O)OC(C)(C)C. The maximum absolute atomic E-state index is 12.2. The van der Waals surface area contributed by atoms with Crippen LogP contribution in [0.1, 0.15) is 67.7 Å². The molecule has 2 nitrogen and oxygen atoms in total. The highest BCUT2D eigenvalue weighted by atomic mass is 32.2. The first-order chi connectivity index (χ1) is 13.1. The third-order valence-corrected chi connectivity index (χ3v) is 5.45. The van der Waals surface area contributed by atoms with Gasteiger partial charge >= 0.3 is 5.97 Å². The van der Waals surface area contributed by atoms with Crippen LogP contribution in [0.5, 0.6) is 0 Å². The van der Waals surface area contributed by atoms with E-state index in [2.05, 4.69) is 45.1 Å². The Hall–Kier alpha value is -1.74. The smallest absolute Gasteiger partial charge is 0.331 e. The van der Waals surface area contributed by atoms with E-state index < -0.39 is 5.60 Å². The Morgan fingerprint density at radius 3 is 2.29 bits per heavy atom. The minimum atomic E-state index is -0.475. The van der Waals surface area contributed by atoms with Crippen LogP contribution in [0.15, 0.2) is 70.2 Å². The van der Waals surface area contributed by atoms with Crippen LogP contribution in [0.4, 0.5) is 0 Å². The number of benzene rings is 1. The monoisotopic (exact) mass is 400 g/mol. The van der Waals surface area contributed by atoms with Gasteiger partial charge in [0.15, 0.2) is 0 Å². The van der Waals surface area contributed by atoms with E-state index in [0.29, 0.717) is 0 Å². The molecule has 1 rings (SSSR count). The van der Waals surface area contributed by atoms with E-state index in [1.807, 2.05) is 45.9 Å². The predicted octanol–water partition coefficient (Wildman–Crippen LogP) is 7.52. The Kier molecular flexibility index (Phi) is 10.4. The van der Waals surface area contributed by atoms with Crippen molar-refractivity contribution in [1.82, 2.24) is 0 Å². The maximum Gasteiger partial charge on any atom is 0.331 e. The van der Waals surface area contributed by atoms with Crippen LogP contribution in [0.3, 0.4) is 0 Å². The first kappa shape index (κ1) is 24.3. The van der Waals surface area contributed by atoms with Gasteiger partial charge in [0.1, 0.15) is 5.60 Å². The number of carbonyl (C=O) groups excluding carboxylic acids is 1. The summed E-state index contributed by atoms with van der Waals surface area (Å²) >= 11 is 1.79. The van der Waals surface area contributed by atoms with E-state index in [1.54, 1.807) is 17.8 Å². The second-order valence-corrected chi connectivity index (χ2v) is 9.72. The fraction of sp³-hybridized carbons (Fsp3) is 0.480. The average Bonchev–Trinajstić information content (AvgIpc) is 2.57. The third-order valence-electron chi connectivity index (χ3n) is 4.05. The number of hydrogen-bond donors (Lipinski definition) is 0. The zero-order valence-electron chi connectivity index (χ0n) is 18.5. The summed E-state index contributed by atoms with van der Waals surface area (Å²) in [6, 6.07) is 10.4. The van der Waals surface area contributed by atoms with Crippen LogP contribution < -0.4 is 0 Å². The Morgan fingerprint density at radius 1 is 1.07 bits per heavy atom. The van der Waals surface area contributed by atoms with Gasteiger partial charge in [-0.25, -0.2) is 4.79 Å². The molecular formula is C25H36O2S. The van der Waals surface area contributed by atoms with Crippen molar-refractivity contribution in [1.29, 1.82) is 0 Å². The van der Waals surface area contributed by atoms with E-state index in [-0.39, 0.29) is 11.2 Å². The molecule has 0 aliphatic rings. The molecule has 1 atom stereocenters. The predicted molar refractivity (Wildman–Crippen MR) is 123 cm³/mol. The Bertz CT molecular complexity index is 702. The average molecular weight is 401 g/mol. The quantitative estimate of drug-likeness (QED) is 0.185. The summed E-state index contributed by atoms with van der Waals surface area (Å²) in [5, 5.41) is 0.202. The fourth-order valence-electron chi connectivity index (χ4n) is 2.60. The first-order valence-electron chi connectivity index (χ1n) is 9.98. The molecule has 0 bridgehead atoms. The summed E-state index contributed by atoms with van der Waals surface area (Å²) < 4.78 is 5.46. The van der Waals surface area contributed by atoms with Gasteiger partial charge in [-0.3, -0.25) is 0 Å². The zero-order chi connectivity index (χ0) is 21.2. The lowest BCUT2D eigenvalue weighted by Crippen LogP contribution is -2.23. The van der Waals surface area contributed by atoms with E-state index in [0.717, 1.165) is 24.8 Å². The molecule has 0 radical (unpaired) electrons. The Balaban J connectivity index is 2.89. The van der Waals surface area contributed by atoms with Crippen LogP contribution >= 0.6 is 11.8 Å². The van der Waals surface area contributed by atoms with Crippen molar-refractivity contribution in [3.8, 4) is 0 Å². The highest BCUT2D eigenvalue weighted by Gasteiger charge is 2.17. The van der Waals surface area contributed by atoms with Crippen molar-refractivity contribution in [2.75, 3.05) is 0 Å². The lowest BCUT2D eigenvalue weighted by Gasteiger charge is -2.20. The Morgan fingerprint density at radius 2 is 1.71 bits per heavy atom.